The van der Waals surface area contributed by atoms with E-state index in [-0.39, 0.29) is 12.4 Å². The molecular formula is C23H24ClN3O2. The van der Waals surface area contributed by atoms with Crippen molar-refractivity contribution in [3.8, 4) is 11.8 Å². The molecule has 6 heteroatoms. The molecule has 4 rings (SSSR count). The van der Waals surface area contributed by atoms with Crippen molar-refractivity contribution in [2.75, 3.05) is 26.2 Å². The normalized spacial score (nSPS) is 14.9. The third-order valence-corrected chi connectivity index (χ3v) is 5.05. The average Bonchev–Trinajstić information content (AvgIpc) is 3.17. The summed E-state index contributed by atoms with van der Waals surface area (Å²) in [5.41, 5.74) is 2.61. The van der Waals surface area contributed by atoms with E-state index in [4.69, 9.17) is 9.26 Å². The highest BCUT2D eigenvalue weighted by Crippen LogP contribution is 2.26. The van der Waals surface area contributed by atoms with Gasteiger partial charge in [0.05, 0.1) is 11.0 Å². The van der Waals surface area contributed by atoms with Crippen LogP contribution in [0.15, 0.2) is 53.1 Å². The van der Waals surface area contributed by atoms with E-state index in [9.17, 15) is 5.26 Å². The molecule has 2 heterocycles. The van der Waals surface area contributed by atoms with Crippen molar-refractivity contribution in [3.05, 3.63) is 59.8 Å². The fourth-order valence-electron chi connectivity index (χ4n) is 3.57. The van der Waals surface area contributed by atoms with Gasteiger partial charge < -0.3 is 9.26 Å². The van der Waals surface area contributed by atoms with Gasteiger partial charge in [-0.25, -0.2) is 0 Å². The Labute approximate surface area is 177 Å². The molecule has 0 radical (unpaired) electrons. The summed E-state index contributed by atoms with van der Waals surface area (Å²) in [7, 11) is 0. The molecule has 5 nitrogen and oxygen atoms in total. The van der Waals surface area contributed by atoms with Crippen molar-refractivity contribution in [2.24, 2.45) is 0 Å². The summed E-state index contributed by atoms with van der Waals surface area (Å²) < 4.78 is 11.3. The molecule has 0 saturated carbocycles. The first-order valence-electron chi connectivity index (χ1n) is 9.75. The molecule has 1 aliphatic heterocycles. The maximum absolute atomic E-state index is 9.64. The third kappa shape index (κ3) is 5.17. The summed E-state index contributed by atoms with van der Waals surface area (Å²) in [5.74, 6) is 0.813. The van der Waals surface area contributed by atoms with Crippen molar-refractivity contribution < 1.29 is 9.26 Å². The summed E-state index contributed by atoms with van der Waals surface area (Å²) in [6.07, 6.45) is 5.73. The highest BCUT2D eigenvalue weighted by Gasteiger charge is 2.13. The van der Waals surface area contributed by atoms with Crippen molar-refractivity contribution >= 4 is 35.0 Å². The Kier molecular flexibility index (Phi) is 7.29. The van der Waals surface area contributed by atoms with E-state index in [0.717, 1.165) is 23.2 Å². The predicted octanol–water partition coefficient (Wildman–Crippen LogP) is 5.18. The van der Waals surface area contributed by atoms with E-state index < -0.39 is 0 Å². The van der Waals surface area contributed by atoms with Gasteiger partial charge in [-0.3, -0.25) is 4.90 Å². The summed E-state index contributed by atoms with van der Waals surface area (Å²) in [6.45, 7) is 3.97. The molecule has 0 bridgehead atoms. The molecule has 150 valence electrons. The number of ether oxygens (including phenoxy) is 1. The summed E-state index contributed by atoms with van der Waals surface area (Å²) in [6, 6.07) is 17.6. The summed E-state index contributed by atoms with van der Waals surface area (Å²) >= 11 is 0. The molecule has 1 fully saturated rings. The summed E-state index contributed by atoms with van der Waals surface area (Å²) in [4.78, 5) is 2.46. The molecule has 0 aliphatic carbocycles. The minimum absolute atomic E-state index is 0. The number of aromatic nitrogens is 1. The van der Waals surface area contributed by atoms with Gasteiger partial charge in [0, 0.05) is 6.54 Å². The molecule has 29 heavy (non-hydrogen) atoms. The number of allylic oxidation sites excluding steroid dienone is 1. The van der Waals surface area contributed by atoms with Gasteiger partial charge in [-0.2, -0.15) is 5.26 Å². The second-order valence-electron chi connectivity index (χ2n) is 7.02. The lowest BCUT2D eigenvalue weighted by Crippen LogP contribution is -2.33. The largest absolute Gasteiger partial charge is 0.492 e. The van der Waals surface area contributed by atoms with Gasteiger partial charge >= 0.3 is 0 Å². The zero-order valence-corrected chi connectivity index (χ0v) is 17.0. The van der Waals surface area contributed by atoms with Crippen molar-refractivity contribution in [2.45, 2.75) is 19.3 Å². The highest BCUT2D eigenvalue weighted by molar-refractivity contribution is 5.98. The van der Waals surface area contributed by atoms with Gasteiger partial charge in [-0.15, -0.1) is 12.4 Å². The van der Waals surface area contributed by atoms with E-state index in [1.54, 1.807) is 0 Å². The highest BCUT2D eigenvalue weighted by atomic mass is 35.5. The van der Waals surface area contributed by atoms with Crippen LogP contribution in [0.4, 0.5) is 0 Å². The van der Waals surface area contributed by atoms with E-state index in [1.165, 1.54) is 32.4 Å². The van der Waals surface area contributed by atoms with Crippen LogP contribution in [0.25, 0.3) is 22.6 Å². The fraction of sp³-hybridized carbons (Fsp3) is 0.304. The second-order valence-corrected chi connectivity index (χ2v) is 7.02. The minimum atomic E-state index is 0. The Morgan fingerprint density at radius 2 is 1.97 bits per heavy atom. The Morgan fingerprint density at radius 3 is 2.79 bits per heavy atom. The van der Waals surface area contributed by atoms with Crippen molar-refractivity contribution in [1.29, 1.82) is 5.26 Å². The van der Waals surface area contributed by atoms with Crippen LogP contribution in [0, 0.1) is 11.3 Å². The maximum Gasteiger partial charge on any atom is 0.167 e. The molecule has 1 aliphatic rings. The zero-order valence-electron chi connectivity index (χ0n) is 16.2. The average molecular weight is 410 g/mol. The minimum Gasteiger partial charge on any atom is -0.492 e. The van der Waals surface area contributed by atoms with E-state index in [2.05, 4.69) is 16.1 Å². The van der Waals surface area contributed by atoms with Crippen LogP contribution < -0.4 is 4.74 Å². The lowest BCUT2D eigenvalue weighted by atomic mass is 10.1. The number of para-hydroxylation sites is 1. The van der Waals surface area contributed by atoms with E-state index in [0.29, 0.717) is 23.5 Å². The van der Waals surface area contributed by atoms with E-state index in [1.807, 2.05) is 54.6 Å². The Bertz CT molecular complexity index is 1020. The lowest BCUT2D eigenvalue weighted by Gasteiger charge is -2.26. The molecule has 0 amide bonds. The van der Waals surface area contributed by atoms with Gasteiger partial charge in [0.1, 0.15) is 24.1 Å². The molecule has 3 aromatic rings. The van der Waals surface area contributed by atoms with Crippen LogP contribution in [0.2, 0.25) is 0 Å². The number of hydrogen-bond donors (Lipinski definition) is 0. The van der Waals surface area contributed by atoms with Crippen LogP contribution in [0.3, 0.4) is 0 Å². The van der Waals surface area contributed by atoms with Gasteiger partial charge in [0.15, 0.2) is 5.58 Å². The zero-order chi connectivity index (χ0) is 19.2. The van der Waals surface area contributed by atoms with E-state index >= 15 is 0 Å². The number of benzene rings is 2. The number of halogens is 1. The number of nitrogens with zero attached hydrogens (tertiary/aromatic N) is 3. The first kappa shape index (κ1) is 20.9. The first-order valence-corrected chi connectivity index (χ1v) is 9.75. The van der Waals surface area contributed by atoms with Gasteiger partial charge in [0.2, 0.25) is 0 Å². The second kappa shape index (κ2) is 10.1. The Balaban J connectivity index is 0.00000240. The van der Waals surface area contributed by atoms with Gasteiger partial charge in [-0.1, -0.05) is 35.8 Å². The number of nitriles is 1. The molecular weight excluding hydrogens is 386 g/mol. The third-order valence-electron chi connectivity index (χ3n) is 5.05. The number of hydrogen-bond acceptors (Lipinski definition) is 5. The number of fused-ring (bicyclic) bond motifs is 1. The number of rotatable bonds is 6. The molecule has 0 N–H and O–H groups in total. The molecule has 0 atom stereocenters. The fourth-order valence-corrected chi connectivity index (χ4v) is 3.57. The number of piperidine rings is 1. The van der Waals surface area contributed by atoms with Gasteiger partial charge in [-0.05, 0) is 61.8 Å². The van der Waals surface area contributed by atoms with Crippen molar-refractivity contribution in [3.63, 3.8) is 0 Å². The number of likely N-dealkylation sites (tertiary alicyclic amines) is 1. The molecule has 1 aromatic heterocycles. The molecule has 1 saturated heterocycles. The van der Waals surface area contributed by atoms with Crippen LogP contribution in [-0.2, 0) is 0 Å². The first-order chi connectivity index (χ1) is 13.8. The maximum atomic E-state index is 9.64. The molecule has 2 aromatic carbocycles. The topological polar surface area (TPSA) is 62.3 Å². The smallest absolute Gasteiger partial charge is 0.167 e. The predicted molar refractivity (Wildman–Crippen MR) is 117 cm³/mol. The van der Waals surface area contributed by atoms with Crippen LogP contribution in [0.1, 0.15) is 30.5 Å². The monoisotopic (exact) mass is 409 g/mol. The van der Waals surface area contributed by atoms with Crippen LogP contribution >= 0.6 is 12.4 Å². The summed E-state index contributed by atoms with van der Waals surface area (Å²) in [5, 5.41) is 14.6. The van der Waals surface area contributed by atoms with Crippen LogP contribution in [0.5, 0.6) is 5.75 Å². The SMILES string of the molecule is Cl.N#C/C(=C\c1cccc(OCCN2CCCCC2)c1)c1noc2ccccc12. The Morgan fingerprint density at radius 1 is 1.14 bits per heavy atom. The standard InChI is InChI=1S/C23H23N3O2.ClH/c24-17-19(23-21-9-2-3-10-22(21)28-25-23)15-18-7-6-8-20(16-18)27-14-13-26-11-4-1-5-12-26;/h2-3,6-10,15-16H,1,4-5,11-14H2;1H/b19-15+;. The Hall–Kier alpha value is -2.81. The molecule has 0 spiro atoms. The lowest BCUT2D eigenvalue weighted by molar-refractivity contribution is 0.183. The quantitative estimate of drug-likeness (QED) is 0.525. The van der Waals surface area contributed by atoms with Gasteiger partial charge in [0.25, 0.3) is 0 Å². The molecule has 0 unspecified atom stereocenters. The van der Waals surface area contributed by atoms with Crippen molar-refractivity contribution in [1.82, 2.24) is 10.1 Å². The van der Waals surface area contributed by atoms with Crippen LogP contribution in [-0.4, -0.2) is 36.3 Å².